The van der Waals surface area contributed by atoms with Gasteiger partial charge in [-0.1, -0.05) is 0 Å². The highest BCUT2D eigenvalue weighted by Crippen LogP contribution is 2.25. The summed E-state index contributed by atoms with van der Waals surface area (Å²) in [6.45, 7) is 5.55. The van der Waals surface area contributed by atoms with Crippen LogP contribution >= 0.6 is 0 Å². The van der Waals surface area contributed by atoms with Gasteiger partial charge in [0.05, 0.1) is 12.2 Å². The zero-order valence-corrected chi connectivity index (χ0v) is 12.3. The molecular formula is C14H20N6O. The van der Waals surface area contributed by atoms with E-state index in [1.807, 2.05) is 13.8 Å². The monoisotopic (exact) mass is 288 g/mol. The number of carbonyl (C=O) groups excluding carboxylic acids is 1. The van der Waals surface area contributed by atoms with E-state index < -0.39 is 0 Å². The van der Waals surface area contributed by atoms with E-state index in [0.29, 0.717) is 12.2 Å². The first kappa shape index (κ1) is 13.8. The van der Waals surface area contributed by atoms with Crippen LogP contribution in [0.15, 0.2) is 12.7 Å². The number of H-pyrrole nitrogens is 1. The Labute approximate surface area is 123 Å². The molecule has 2 aromatic rings. The van der Waals surface area contributed by atoms with Crippen LogP contribution < -0.4 is 10.2 Å². The summed E-state index contributed by atoms with van der Waals surface area (Å²) in [6.07, 6.45) is 5.05. The van der Waals surface area contributed by atoms with Gasteiger partial charge in [0.25, 0.3) is 0 Å². The first-order chi connectivity index (χ1) is 10.1. The van der Waals surface area contributed by atoms with Crippen LogP contribution in [0, 0.1) is 5.92 Å². The number of hydrogen-bond donors (Lipinski definition) is 2. The molecule has 3 rings (SSSR count). The minimum Gasteiger partial charge on any atom is -0.354 e. The SMILES string of the molecule is CC(C)NC(=O)[C@H]1CCCN(c2ncnc3nc[nH]c23)C1. The molecule has 3 heterocycles. The summed E-state index contributed by atoms with van der Waals surface area (Å²) in [5.41, 5.74) is 1.50. The van der Waals surface area contributed by atoms with Gasteiger partial charge in [0.1, 0.15) is 11.8 Å². The van der Waals surface area contributed by atoms with Crippen molar-refractivity contribution in [3.8, 4) is 0 Å². The van der Waals surface area contributed by atoms with Crippen molar-refractivity contribution in [2.45, 2.75) is 32.7 Å². The van der Waals surface area contributed by atoms with Crippen molar-refractivity contribution in [3.63, 3.8) is 0 Å². The number of piperidine rings is 1. The molecule has 2 aromatic heterocycles. The number of anilines is 1. The van der Waals surface area contributed by atoms with Crippen molar-refractivity contribution in [3.05, 3.63) is 12.7 Å². The van der Waals surface area contributed by atoms with Crippen molar-refractivity contribution in [2.75, 3.05) is 18.0 Å². The lowest BCUT2D eigenvalue weighted by atomic mass is 9.97. The second-order valence-corrected chi connectivity index (χ2v) is 5.75. The third-order valence-electron chi connectivity index (χ3n) is 3.73. The van der Waals surface area contributed by atoms with Gasteiger partial charge >= 0.3 is 0 Å². The molecule has 0 bridgehead atoms. The number of imidazole rings is 1. The molecule has 21 heavy (non-hydrogen) atoms. The Kier molecular flexibility index (Phi) is 3.72. The highest BCUT2D eigenvalue weighted by atomic mass is 16.2. The molecule has 0 aromatic carbocycles. The molecule has 1 fully saturated rings. The number of hydrogen-bond acceptors (Lipinski definition) is 5. The summed E-state index contributed by atoms with van der Waals surface area (Å²) in [5, 5.41) is 3.00. The second-order valence-electron chi connectivity index (χ2n) is 5.75. The molecular weight excluding hydrogens is 268 g/mol. The van der Waals surface area contributed by atoms with Crippen molar-refractivity contribution < 1.29 is 4.79 Å². The van der Waals surface area contributed by atoms with Gasteiger partial charge in [0.2, 0.25) is 5.91 Å². The smallest absolute Gasteiger partial charge is 0.225 e. The number of nitrogens with zero attached hydrogens (tertiary/aromatic N) is 4. The Bertz CT molecular complexity index is 637. The summed E-state index contributed by atoms with van der Waals surface area (Å²) in [5.74, 6) is 0.971. The topological polar surface area (TPSA) is 86.8 Å². The Hall–Kier alpha value is -2.18. The molecule has 112 valence electrons. The fraction of sp³-hybridized carbons (Fsp3) is 0.571. The molecule has 0 unspecified atom stereocenters. The van der Waals surface area contributed by atoms with Gasteiger partial charge in [-0.05, 0) is 26.7 Å². The van der Waals surface area contributed by atoms with E-state index in [1.54, 1.807) is 6.33 Å². The fourth-order valence-electron chi connectivity index (χ4n) is 2.78. The molecule has 0 saturated carbocycles. The predicted molar refractivity (Wildman–Crippen MR) is 79.9 cm³/mol. The maximum atomic E-state index is 12.2. The third-order valence-corrected chi connectivity index (χ3v) is 3.73. The quantitative estimate of drug-likeness (QED) is 0.883. The summed E-state index contributed by atoms with van der Waals surface area (Å²) in [7, 11) is 0. The predicted octanol–water partition coefficient (Wildman–Crippen LogP) is 1.09. The highest BCUT2D eigenvalue weighted by Gasteiger charge is 2.28. The number of aromatic amines is 1. The van der Waals surface area contributed by atoms with E-state index in [0.717, 1.165) is 30.7 Å². The molecule has 7 nitrogen and oxygen atoms in total. The van der Waals surface area contributed by atoms with E-state index in [1.165, 1.54) is 6.33 Å². The number of fused-ring (bicyclic) bond motifs is 1. The van der Waals surface area contributed by atoms with E-state index in [-0.39, 0.29) is 17.9 Å². The maximum absolute atomic E-state index is 12.2. The van der Waals surface area contributed by atoms with Crippen LogP contribution in [0.3, 0.4) is 0 Å². The summed E-state index contributed by atoms with van der Waals surface area (Å²) in [4.78, 5) is 30.1. The van der Waals surface area contributed by atoms with Crippen molar-refractivity contribution in [1.29, 1.82) is 0 Å². The summed E-state index contributed by atoms with van der Waals surface area (Å²) < 4.78 is 0. The minimum atomic E-state index is 0.00841. The summed E-state index contributed by atoms with van der Waals surface area (Å²) >= 11 is 0. The number of aromatic nitrogens is 4. The van der Waals surface area contributed by atoms with Gasteiger partial charge < -0.3 is 15.2 Å². The average molecular weight is 288 g/mol. The maximum Gasteiger partial charge on any atom is 0.225 e. The van der Waals surface area contributed by atoms with Gasteiger partial charge in [0, 0.05) is 19.1 Å². The first-order valence-electron chi connectivity index (χ1n) is 7.34. The molecule has 2 N–H and O–H groups in total. The van der Waals surface area contributed by atoms with E-state index in [4.69, 9.17) is 0 Å². The summed E-state index contributed by atoms with van der Waals surface area (Å²) in [6, 6.07) is 0.172. The Morgan fingerprint density at radius 2 is 2.29 bits per heavy atom. The molecule has 1 aliphatic rings. The van der Waals surface area contributed by atoms with Crippen molar-refractivity contribution >= 4 is 22.9 Å². The van der Waals surface area contributed by atoms with Crippen LogP contribution in [0.25, 0.3) is 11.2 Å². The van der Waals surface area contributed by atoms with Crippen LogP contribution in [-0.2, 0) is 4.79 Å². The standard InChI is InChI=1S/C14H20N6O/c1-9(2)19-14(21)10-4-3-5-20(6-10)13-11-12(16-7-15-11)17-8-18-13/h7-10H,3-6H2,1-2H3,(H,19,21)(H,15,16,17,18)/t10-/m0/s1. The van der Waals surface area contributed by atoms with Crippen molar-refractivity contribution in [1.82, 2.24) is 25.3 Å². The number of amides is 1. The lowest BCUT2D eigenvalue weighted by Crippen LogP contribution is -2.45. The number of nitrogens with one attached hydrogen (secondary N) is 2. The van der Waals surface area contributed by atoms with Gasteiger partial charge in [-0.3, -0.25) is 4.79 Å². The van der Waals surface area contributed by atoms with Crippen LogP contribution in [0.2, 0.25) is 0 Å². The van der Waals surface area contributed by atoms with E-state index >= 15 is 0 Å². The molecule has 1 amide bonds. The lowest BCUT2D eigenvalue weighted by Gasteiger charge is -2.33. The van der Waals surface area contributed by atoms with Crippen LogP contribution in [0.4, 0.5) is 5.82 Å². The van der Waals surface area contributed by atoms with E-state index in [9.17, 15) is 4.79 Å². The molecule has 1 saturated heterocycles. The molecule has 0 spiro atoms. The number of carbonyl (C=O) groups is 1. The molecule has 1 aliphatic heterocycles. The number of rotatable bonds is 3. The minimum absolute atomic E-state index is 0.00841. The van der Waals surface area contributed by atoms with Gasteiger partial charge in [-0.25, -0.2) is 15.0 Å². The molecule has 0 radical (unpaired) electrons. The highest BCUT2D eigenvalue weighted by molar-refractivity contribution is 5.84. The first-order valence-corrected chi connectivity index (χ1v) is 7.34. The zero-order chi connectivity index (χ0) is 14.8. The normalized spacial score (nSPS) is 19.2. The van der Waals surface area contributed by atoms with Crippen LogP contribution in [0.1, 0.15) is 26.7 Å². The van der Waals surface area contributed by atoms with Gasteiger partial charge in [-0.15, -0.1) is 0 Å². The Balaban J connectivity index is 1.80. The van der Waals surface area contributed by atoms with Gasteiger partial charge in [-0.2, -0.15) is 0 Å². The fourth-order valence-corrected chi connectivity index (χ4v) is 2.78. The van der Waals surface area contributed by atoms with Crippen molar-refractivity contribution in [2.24, 2.45) is 5.92 Å². The van der Waals surface area contributed by atoms with Crippen LogP contribution in [-0.4, -0.2) is 45.0 Å². The average Bonchev–Trinajstić information content (AvgIpc) is 2.95. The largest absolute Gasteiger partial charge is 0.354 e. The van der Waals surface area contributed by atoms with Crippen LogP contribution in [0.5, 0.6) is 0 Å². The molecule has 7 heteroatoms. The lowest BCUT2D eigenvalue weighted by molar-refractivity contribution is -0.125. The van der Waals surface area contributed by atoms with Gasteiger partial charge in [0.15, 0.2) is 11.5 Å². The zero-order valence-electron chi connectivity index (χ0n) is 12.3. The third kappa shape index (κ3) is 2.81. The molecule has 1 atom stereocenters. The van der Waals surface area contributed by atoms with E-state index in [2.05, 4.69) is 30.2 Å². The second kappa shape index (κ2) is 5.67. The molecule has 0 aliphatic carbocycles. The Morgan fingerprint density at radius 3 is 3.10 bits per heavy atom. The Morgan fingerprint density at radius 1 is 1.43 bits per heavy atom.